The van der Waals surface area contributed by atoms with Crippen molar-refractivity contribution in [3.05, 3.63) is 53.6 Å². The highest BCUT2D eigenvalue weighted by Crippen LogP contribution is 2.17. The lowest BCUT2D eigenvalue weighted by molar-refractivity contribution is 0.114. The van der Waals surface area contributed by atoms with Crippen molar-refractivity contribution < 1.29 is 9.13 Å². The summed E-state index contributed by atoms with van der Waals surface area (Å²) in [5.74, 6) is 0.295. The maximum atomic E-state index is 12.9. The summed E-state index contributed by atoms with van der Waals surface area (Å²) in [6.45, 7) is 2.45. The van der Waals surface area contributed by atoms with Crippen LogP contribution >= 0.6 is 0 Å². The monoisotopic (exact) mass is 261 g/mol. The summed E-state index contributed by atoms with van der Waals surface area (Å²) in [6, 6.07) is 6.26. The van der Waals surface area contributed by atoms with Crippen LogP contribution in [0.5, 0.6) is 0 Å². The normalized spacial score (nSPS) is 12.2. The number of anilines is 1. The summed E-state index contributed by atoms with van der Waals surface area (Å²) in [6.07, 6.45) is 3.31. The van der Waals surface area contributed by atoms with Gasteiger partial charge in [0, 0.05) is 26.0 Å². The van der Waals surface area contributed by atoms with Crippen molar-refractivity contribution in [1.82, 2.24) is 9.97 Å². The number of nitrogens with one attached hydrogen (secondary N) is 1. The molecule has 0 aliphatic heterocycles. The lowest BCUT2D eigenvalue weighted by Gasteiger charge is -2.16. The number of hydrogen-bond acceptors (Lipinski definition) is 4. The molecule has 1 aromatic carbocycles. The highest BCUT2D eigenvalue weighted by Gasteiger charge is 2.10. The van der Waals surface area contributed by atoms with Crippen LogP contribution in [0.4, 0.5) is 10.3 Å². The van der Waals surface area contributed by atoms with Crippen molar-refractivity contribution in [3.8, 4) is 0 Å². The Hall–Kier alpha value is -2.01. The first-order valence-electron chi connectivity index (χ1n) is 6.00. The Morgan fingerprint density at radius 1 is 1.21 bits per heavy atom. The van der Waals surface area contributed by atoms with Crippen LogP contribution in [0.2, 0.25) is 0 Å². The molecule has 0 radical (unpaired) electrons. The van der Waals surface area contributed by atoms with E-state index in [2.05, 4.69) is 15.3 Å². The number of benzene rings is 1. The zero-order valence-electron chi connectivity index (χ0n) is 10.9. The van der Waals surface area contributed by atoms with Gasteiger partial charge < -0.3 is 10.1 Å². The maximum Gasteiger partial charge on any atom is 0.222 e. The predicted molar refractivity (Wildman–Crippen MR) is 71.4 cm³/mol. The average molecular weight is 261 g/mol. The molecule has 0 aliphatic rings. The molecule has 2 aromatic rings. The molecule has 0 spiro atoms. The second kappa shape index (κ2) is 6.24. The van der Waals surface area contributed by atoms with Crippen LogP contribution in [-0.4, -0.2) is 23.6 Å². The highest BCUT2D eigenvalue weighted by molar-refractivity contribution is 5.27. The first-order chi connectivity index (χ1) is 9.19. The van der Waals surface area contributed by atoms with E-state index < -0.39 is 0 Å². The molecule has 0 amide bonds. The molecular weight excluding hydrogens is 245 g/mol. The van der Waals surface area contributed by atoms with E-state index >= 15 is 0 Å². The van der Waals surface area contributed by atoms with Crippen LogP contribution in [0.3, 0.4) is 0 Å². The Labute approximate surface area is 111 Å². The molecule has 0 saturated carbocycles. The fourth-order valence-electron chi connectivity index (χ4n) is 1.68. The molecule has 4 nitrogen and oxygen atoms in total. The van der Waals surface area contributed by atoms with Gasteiger partial charge in [0.25, 0.3) is 0 Å². The van der Waals surface area contributed by atoms with E-state index in [0.717, 1.165) is 11.1 Å². The standard InChI is InChI=1S/C14H16FN3O/c1-10-7-16-14(17-8-10)18-9-13(19-2)11-3-5-12(15)6-4-11/h3-8,13H,9H2,1-2H3,(H,16,17,18). The lowest BCUT2D eigenvalue weighted by Crippen LogP contribution is -2.15. The molecule has 100 valence electrons. The first-order valence-corrected chi connectivity index (χ1v) is 6.00. The highest BCUT2D eigenvalue weighted by atomic mass is 19.1. The second-order valence-electron chi connectivity index (χ2n) is 4.24. The van der Waals surface area contributed by atoms with Gasteiger partial charge in [-0.1, -0.05) is 12.1 Å². The number of hydrogen-bond donors (Lipinski definition) is 1. The van der Waals surface area contributed by atoms with Gasteiger partial charge in [-0.25, -0.2) is 14.4 Å². The third kappa shape index (κ3) is 3.72. The number of methoxy groups -OCH3 is 1. The molecule has 5 heteroatoms. The molecule has 1 unspecified atom stereocenters. The summed E-state index contributed by atoms with van der Waals surface area (Å²) in [5, 5.41) is 3.10. The Bertz CT molecular complexity index is 513. The van der Waals surface area contributed by atoms with Gasteiger partial charge in [-0.05, 0) is 30.2 Å². The van der Waals surface area contributed by atoms with E-state index in [-0.39, 0.29) is 11.9 Å². The Kier molecular flexibility index (Phi) is 4.41. The zero-order chi connectivity index (χ0) is 13.7. The van der Waals surface area contributed by atoms with E-state index in [1.807, 2.05) is 6.92 Å². The molecule has 1 heterocycles. The van der Waals surface area contributed by atoms with Crippen LogP contribution in [0.1, 0.15) is 17.2 Å². The van der Waals surface area contributed by atoms with Gasteiger partial charge in [-0.3, -0.25) is 0 Å². The fraction of sp³-hybridized carbons (Fsp3) is 0.286. The number of halogens is 1. The predicted octanol–water partition coefficient (Wildman–Crippen LogP) is 2.72. The molecule has 1 atom stereocenters. The van der Waals surface area contributed by atoms with Gasteiger partial charge in [0.05, 0.1) is 6.10 Å². The zero-order valence-corrected chi connectivity index (χ0v) is 10.9. The summed E-state index contributed by atoms with van der Waals surface area (Å²) in [7, 11) is 1.62. The Morgan fingerprint density at radius 3 is 2.42 bits per heavy atom. The van der Waals surface area contributed by atoms with E-state index in [4.69, 9.17) is 4.74 Å². The summed E-state index contributed by atoms with van der Waals surface area (Å²) in [4.78, 5) is 8.31. The van der Waals surface area contributed by atoms with Crippen LogP contribution in [-0.2, 0) is 4.74 Å². The van der Waals surface area contributed by atoms with E-state index in [1.165, 1.54) is 12.1 Å². The number of aryl methyl sites for hydroxylation is 1. The Morgan fingerprint density at radius 2 is 1.84 bits per heavy atom. The first kappa shape index (κ1) is 13.4. The van der Waals surface area contributed by atoms with E-state index in [1.54, 1.807) is 31.6 Å². The van der Waals surface area contributed by atoms with Crippen molar-refractivity contribution in [2.45, 2.75) is 13.0 Å². The quantitative estimate of drug-likeness (QED) is 0.899. The molecule has 0 aliphatic carbocycles. The lowest BCUT2D eigenvalue weighted by atomic mass is 10.1. The van der Waals surface area contributed by atoms with E-state index in [9.17, 15) is 4.39 Å². The average Bonchev–Trinajstić information content (AvgIpc) is 2.43. The van der Waals surface area contributed by atoms with Crippen molar-refractivity contribution in [2.24, 2.45) is 0 Å². The van der Waals surface area contributed by atoms with Gasteiger partial charge >= 0.3 is 0 Å². The minimum atomic E-state index is -0.256. The van der Waals surface area contributed by atoms with Crippen molar-refractivity contribution in [3.63, 3.8) is 0 Å². The minimum Gasteiger partial charge on any atom is -0.375 e. The third-order valence-electron chi connectivity index (χ3n) is 2.75. The molecular formula is C14H16FN3O. The molecule has 1 aromatic heterocycles. The van der Waals surface area contributed by atoms with Crippen LogP contribution in [0, 0.1) is 12.7 Å². The summed E-state index contributed by atoms with van der Waals surface area (Å²) in [5.41, 5.74) is 1.91. The van der Waals surface area contributed by atoms with E-state index in [0.29, 0.717) is 12.5 Å². The smallest absolute Gasteiger partial charge is 0.222 e. The number of ether oxygens (including phenoxy) is 1. The number of nitrogens with zero attached hydrogens (tertiary/aromatic N) is 2. The molecule has 19 heavy (non-hydrogen) atoms. The van der Waals surface area contributed by atoms with Crippen molar-refractivity contribution in [1.29, 1.82) is 0 Å². The molecule has 0 bridgehead atoms. The van der Waals surface area contributed by atoms with Crippen molar-refractivity contribution in [2.75, 3.05) is 19.0 Å². The third-order valence-corrected chi connectivity index (χ3v) is 2.75. The number of rotatable bonds is 5. The minimum absolute atomic E-state index is 0.175. The Balaban J connectivity index is 1.99. The summed E-state index contributed by atoms with van der Waals surface area (Å²) >= 11 is 0. The van der Waals surface area contributed by atoms with Gasteiger partial charge in [-0.2, -0.15) is 0 Å². The fourth-order valence-corrected chi connectivity index (χ4v) is 1.68. The molecule has 0 saturated heterocycles. The second-order valence-corrected chi connectivity index (χ2v) is 4.24. The maximum absolute atomic E-state index is 12.9. The topological polar surface area (TPSA) is 47.0 Å². The van der Waals surface area contributed by atoms with Gasteiger partial charge in [0.2, 0.25) is 5.95 Å². The van der Waals surface area contributed by atoms with Gasteiger partial charge in [0.15, 0.2) is 0 Å². The molecule has 0 fully saturated rings. The largest absolute Gasteiger partial charge is 0.375 e. The van der Waals surface area contributed by atoms with Crippen LogP contribution in [0.25, 0.3) is 0 Å². The SMILES string of the molecule is COC(CNc1ncc(C)cn1)c1ccc(F)cc1. The number of aromatic nitrogens is 2. The van der Waals surface area contributed by atoms with Crippen molar-refractivity contribution >= 4 is 5.95 Å². The summed E-state index contributed by atoms with van der Waals surface area (Å²) < 4.78 is 18.2. The van der Waals surface area contributed by atoms with Crippen LogP contribution in [0.15, 0.2) is 36.7 Å². The molecule has 2 rings (SSSR count). The van der Waals surface area contributed by atoms with Crippen LogP contribution < -0.4 is 5.32 Å². The van der Waals surface area contributed by atoms with Gasteiger partial charge in [-0.15, -0.1) is 0 Å². The molecule has 1 N–H and O–H groups in total. The van der Waals surface area contributed by atoms with Gasteiger partial charge in [0.1, 0.15) is 5.82 Å².